The predicted octanol–water partition coefficient (Wildman–Crippen LogP) is 3.30. The molecule has 2 unspecified atom stereocenters. The van der Waals surface area contributed by atoms with E-state index in [4.69, 9.17) is 0 Å². The van der Waals surface area contributed by atoms with Crippen molar-refractivity contribution in [3.05, 3.63) is 35.4 Å². The van der Waals surface area contributed by atoms with E-state index in [0.29, 0.717) is 0 Å². The van der Waals surface area contributed by atoms with Crippen LogP contribution in [0.3, 0.4) is 0 Å². The van der Waals surface area contributed by atoms with Crippen molar-refractivity contribution in [1.82, 2.24) is 5.32 Å². The summed E-state index contributed by atoms with van der Waals surface area (Å²) in [6.07, 6.45) is -2.32. The highest BCUT2D eigenvalue weighted by Crippen LogP contribution is 2.18. The fourth-order valence-corrected chi connectivity index (χ4v) is 1.63. The van der Waals surface area contributed by atoms with Crippen LogP contribution in [0, 0.1) is 6.92 Å². The third kappa shape index (κ3) is 3.27. The molecule has 84 valence electrons. The average Bonchev–Trinajstić information content (AvgIpc) is 2.18. The van der Waals surface area contributed by atoms with Gasteiger partial charge in [-0.05, 0) is 31.9 Å². The summed E-state index contributed by atoms with van der Waals surface area (Å²) in [6.45, 7) is 5.39. The van der Waals surface area contributed by atoms with Crippen molar-refractivity contribution in [1.29, 1.82) is 0 Å². The summed E-state index contributed by atoms with van der Waals surface area (Å²) in [4.78, 5) is 0. The minimum Gasteiger partial charge on any atom is -0.302 e. The molecule has 1 aromatic carbocycles. The maximum absolute atomic E-state index is 12.3. The lowest BCUT2D eigenvalue weighted by Crippen LogP contribution is -2.34. The molecule has 0 aliphatic rings. The van der Waals surface area contributed by atoms with E-state index in [9.17, 15) is 8.78 Å². The van der Waals surface area contributed by atoms with Crippen LogP contribution in [0.5, 0.6) is 0 Å². The van der Waals surface area contributed by atoms with Gasteiger partial charge in [-0.25, -0.2) is 8.78 Å². The predicted molar refractivity (Wildman–Crippen MR) is 58.2 cm³/mol. The summed E-state index contributed by atoms with van der Waals surface area (Å²) in [5.74, 6) is 0. The molecule has 0 saturated carbocycles. The number of rotatable bonds is 4. The summed E-state index contributed by atoms with van der Waals surface area (Å²) >= 11 is 0. The van der Waals surface area contributed by atoms with Gasteiger partial charge in [-0.1, -0.05) is 24.3 Å². The second-order valence-electron chi connectivity index (χ2n) is 3.87. The number of hydrogen-bond acceptors (Lipinski definition) is 1. The molecular weight excluding hydrogens is 196 g/mol. The van der Waals surface area contributed by atoms with E-state index >= 15 is 0 Å². The van der Waals surface area contributed by atoms with Crippen molar-refractivity contribution in [2.24, 2.45) is 0 Å². The number of nitrogens with one attached hydrogen (secondary N) is 1. The molecule has 0 aliphatic heterocycles. The first-order valence-electron chi connectivity index (χ1n) is 5.12. The Morgan fingerprint density at radius 2 is 1.73 bits per heavy atom. The Morgan fingerprint density at radius 1 is 1.13 bits per heavy atom. The van der Waals surface area contributed by atoms with Gasteiger partial charge in [0.05, 0.1) is 6.04 Å². The SMILES string of the molecule is Cc1ccccc1C(C)NC(C)C(F)F. The zero-order valence-corrected chi connectivity index (χ0v) is 9.30. The Labute approximate surface area is 89.5 Å². The summed E-state index contributed by atoms with van der Waals surface area (Å²) in [7, 11) is 0. The van der Waals surface area contributed by atoms with Crippen molar-refractivity contribution >= 4 is 0 Å². The van der Waals surface area contributed by atoms with Crippen LogP contribution in [-0.4, -0.2) is 12.5 Å². The smallest absolute Gasteiger partial charge is 0.253 e. The van der Waals surface area contributed by atoms with Gasteiger partial charge in [-0.15, -0.1) is 0 Å². The van der Waals surface area contributed by atoms with E-state index < -0.39 is 12.5 Å². The number of alkyl halides is 2. The van der Waals surface area contributed by atoms with E-state index in [2.05, 4.69) is 5.32 Å². The molecule has 1 nitrogen and oxygen atoms in total. The van der Waals surface area contributed by atoms with Gasteiger partial charge in [0.1, 0.15) is 0 Å². The van der Waals surface area contributed by atoms with Crippen LogP contribution in [0.2, 0.25) is 0 Å². The van der Waals surface area contributed by atoms with E-state index in [1.807, 2.05) is 38.1 Å². The largest absolute Gasteiger partial charge is 0.302 e. The fourth-order valence-electron chi connectivity index (χ4n) is 1.63. The van der Waals surface area contributed by atoms with E-state index in [0.717, 1.165) is 11.1 Å². The van der Waals surface area contributed by atoms with Gasteiger partial charge in [-0.2, -0.15) is 0 Å². The van der Waals surface area contributed by atoms with Gasteiger partial charge < -0.3 is 5.32 Å². The third-order valence-corrected chi connectivity index (χ3v) is 2.55. The molecule has 0 aliphatic carbocycles. The summed E-state index contributed by atoms with van der Waals surface area (Å²) in [5, 5.41) is 2.89. The molecule has 1 rings (SSSR count). The molecule has 0 bridgehead atoms. The Hall–Kier alpha value is -0.960. The van der Waals surface area contributed by atoms with Crippen LogP contribution >= 0.6 is 0 Å². The first kappa shape index (κ1) is 12.1. The third-order valence-electron chi connectivity index (χ3n) is 2.55. The highest BCUT2D eigenvalue weighted by Gasteiger charge is 2.17. The molecule has 15 heavy (non-hydrogen) atoms. The summed E-state index contributed by atoms with van der Waals surface area (Å²) < 4.78 is 24.7. The first-order valence-corrected chi connectivity index (χ1v) is 5.12. The molecule has 0 saturated heterocycles. The van der Waals surface area contributed by atoms with E-state index in [1.54, 1.807) is 0 Å². The molecule has 0 amide bonds. The van der Waals surface area contributed by atoms with Gasteiger partial charge in [-0.3, -0.25) is 0 Å². The fraction of sp³-hybridized carbons (Fsp3) is 0.500. The van der Waals surface area contributed by atoms with Crippen LogP contribution in [0.25, 0.3) is 0 Å². The lowest BCUT2D eigenvalue weighted by molar-refractivity contribution is 0.101. The number of aryl methyl sites for hydroxylation is 1. The number of halogens is 2. The normalized spacial score (nSPS) is 15.3. The molecule has 0 radical (unpaired) electrons. The number of hydrogen-bond donors (Lipinski definition) is 1. The minimum atomic E-state index is -2.32. The zero-order valence-electron chi connectivity index (χ0n) is 9.30. The van der Waals surface area contributed by atoms with Gasteiger partial charge in [0, 0.05) is 6.04 Å². The highest BCUT2D eigenvalue weighted by molar-refractivity contribution is 5.28. The molecule has 0 aromatic heterocycles. The second-order valence-corrected chi connectivity index (χ2v) is 3.87. The van der Waals surface area contributed by atoms with Crippen LogP contribution in [0.15, 0.2) is 24.3 Å². The second kappa shape index (κ2) is 5.21. The van der Waals surface area contributed by atoms with Gasteiger partial charge >= 0.3 is 0 Å². The van der Waals surface area contributed by atoms with Crippen LogP contribution in [0.4, 0.5) is 8.78 Å². The van der Waals surface area contributed by atoms with Crippen molar-refractivity contribution in [2.45, 2.75) is 39.3 Å². The molecule has 3 heteroatoms. The average molecular weight is 213 g/mol. The van der Waals surface area contributed by atoms with E-state index in [-0.39, 0.29) is 6.04 Å². The van der Waals surface area contributed by atoms with Gasteiger partial charge in [0.15, 0.2) is 0 Å². The first-order chi connectivity index (χ1) is 7.02. The van der Waals surface area contributed by atoms with Gasteiger partial charge in [0.2, 0.25) is 0 Å². The number of benzene rings is 1. The van der Waals surface area contributed by atoms with Crippen LogP contribution < -0.4 is 5.32 Å². The van der Waals surface area contributed by atoms with Crippen molar-refractivity contribution in [3.63, 3.8) is 0 Å². The van der Waals surface area contributed by atoms with Crippen molar-refractivity contribution in [3.8, 4) is 0 Å². The Morgan fingerprint density at radius 3 is 2.27 bits per heavy atom. The maximum atomic E-state index is 12.3. The molecule has 2 atom stereocenters. The zero-order chi connectivity index (χ0) is 11.4. The topological polar surface area (TPSA) is 12.0 Å². The minimum absolute atomic E-state index is 0.0461. The molecule has 0 heterocycles. The lowest BCUT2D eigenvalue weighted by atomic mass is 10.0. The van der Waals surface area contributed by atoms with Crippen molar-refractivity contribution in [2.75, 3.05) is 0 Å². The monoisotopic (exact) mass is 213 g/mol. The lowest BCUT2D eigenvalue weighted by Gasteiger charge is -2.21. The Balaban J connectivity index is 2.69. The molecular formula is C12H17F2N. The van der Waals surface area contributed by atoms with Crippen LogP contribution in [0.1, 0.15) is 31.0 Å². The Bertz CT molecular complexity index is 312. The Kier molecular flexibility index (Phi) is 4.21. The maximum Gasteiger partial charge on any atom is 0.253 e. The summed E-state index contributed by atoms with van der Waals surface area (Å²) in [5.41, 5.74) is 2.20. The van der Waals surface area contributed by atoms with Crippen LogP contribution in [-0.2, 0) is 0 Å². The molecule has 1 aromatic rings. The highest BCUT2D eigenvalue weighted by atomic mass is 19.3. The van der Waals surface area contributed by atoms with Gasteiger partial charge in [0.25, 0.3) is 6.43 Å². The molecule has 0 spiro atoms. The van der Waals surface area contributed by atoms with Crippen molar-refractivity contribution < 1.29 is 8.78 Å². The molecule has 0 fully saturated rings. The summed E-state index contributed by atoms with van der Waals surface area (Å²) in [6, 6.07) is 7.00. The molecule has 1 N–H and O–H groups in total. The van der Waals surface area contributed by atoms with E-state index in [1.165, 1.54) is 6.92 Å². The standard InChI is InChI=1S/C12H17F2N/c1-8-6-4-5-7-11(8)9(2)15-10(3)12(13)14/h4-7,9-10,12,15H,1-3H3. The quantitative estimate of drug-likeness (QED) is 0.809.